The highest BCUT2D eigenvalue weighted by Crippen LogP contribution is 2.29. The second kappa shape index (κ2) is 8.47. The van der Waals surface area contributed by atoms with Gasteiger partial charge in [-0.05, 0) is 62.9 Å². The third-order valence-corrected chi connectivity index (χ3v) is 5.56. The molecular weight excluding hydrogens is 395 g/mol. The summed E-state index contributed by atoms with van der Waals surface area (Å²) in [6.45, 7) is 5.16. The molecule has 1 aliphatic rings. The van der Waals surface area contributed by atoms with E-state index in [0.717, 1.165) is 12.8 Å². The third-order valence-electron chi connectivity index (χ3n) is 5.56. The first kappa shape index (κ1) is 21.2. The lowest BCUT2D eigenvalue weighted by Crippen LogP contribution is -2.42. The summed E-state index contributed by atoms with van der Waals surface area (Å²) in [5, 5.41) is 4.61. The lowest BCUT2D eigenvalue weighted by atomic mass is 9.90. The van der Waals surface area contributed by atoms with Crippen LogP contribution < -0.4 is 5.73 Å². The third kappa shape index (κ3) is 4.11. The van der Waals surface area contributed by atoms with E-state index in [9.17, 15) is 9.18 Å². The number of hydrogen-bond acceptors (Lipinski definition) is 5. The van der Waals surface area contributed by atoms with Crippen molar-refractivity contribution in [2.45, 2.75) is 32.7 Å². The van der Waals surface area contributed by atoms with Crippen molar-refractivity contribution >= 4 is 29.4 Å². The maximum Gasteiger partial charge on any atom is 0.259 e. The van der Waals surface area contributed by atoms with Gasteiger partial charge in [-0.25, -0.2) is 9.37 Å². The van der Waals surface area contributed by atoms with Crippen molar-refractivity contribution in [2.24, 2.45) is 11.7 Å². The van der Waals surface area contributed by atoms with Crippen LogP contribution >= 0.6 is 12.4 Å². The van der Waals surface area contributed by atoms with E-state index in [1.807, 2.05) is 11.8 Å². The van der Waals surface area contributed by atoms with Crippen molar-refractivity contribution in [1.29, 1.82) is 0 Å². The monoisotopic (exact) mass is 418 g/mol. The van der Waals surface area contributed by atoms with E-state index in [1.165, 1.54) is 12.1 Å². The highest BCUT2D eigenvalue weighted by atomic mass is 35.5. The van der Waals surface area contributed by atoms with Crippen LogP contribution in [0.2, 0.25) is 0 Å². The molecule has 0 spiro atoms. The molecule has 1 aromatic carbocycles. The minimum atomic E-state index is -0.325. The summed E-state index contributed by atoms with van der Waals surface area (Å²) < 4.78 is 18.6. The molecule has 3 heterocycles. The zero-order valence-electron chi connectivity index (χ0n) is 16.4. The minimum Gasteiger partial charge on any atom is -0.339 e. The number of nitrogens with zero attached hydrogens (tertiary/aromatic N) is 3. The molecule has 29 heavy (non-hydrogen) atoms. The number of benzene rings is 1. The summed E-state index contributed by atoms with van der Waals surface area (Å²) >= 11 is 0. The van der Waals surface area contributed by atoms with Gasteiger partial charge in [-0.1, -0.05) is 5.16 Å². The molecule has 2 N–H and O–H groups in total. The van der Waals surface area contributed by atoms with Gasteiger partial charge in [0, 0.05) is 24.7 Å². The minimum absolute atomic E-state index is 0. The van der Waals surface area contributed by atoms with Crippen molar-refractivity contribution in [1.82, 2.24) is 15.0 Å². The normalized spacial score (nSPS) is 15.9. The first-order valence-electron chi connectivity index (χ1n) is 9.52. The van der Waals surface area contributed by atoms with E-state index >= 15 is 0 Å². The Morgan fingerprint density at radius 3 is 2.55 bits per heavy atom. The fraction of sp³-hybridized carbons (Fsp3) is 0.381. The molecule has 154 valence electrons. The van der Waals surface area contributed by atoms with Gasteiger partial charge in [0.05, 0.1) is 22.3 Å². The summed E-state index contributed by atoms with van der Waals surface area (Å²) in [7, 11) is 0. The van der Waals surface area contributed by atoms with Gasteiger partial charge in [0.25, 0.3) is 11.6 Å². The fourth-order valence-corrected chi connectivity index (χ4v) is 3.83. The molecule has 1 amide bonds. The number of carbonyl (C=O) groups is 1. The summed E-state index contributed by atoms with van der Waals surface area (Å²) in [4.78, 5) is 19.7. The number of aromatic nitrogens is 2. The van der Waals surface area contributed by atoms with Crippen LogP contribution in [0.4, 0.5) is 4.39 Å². The van der Waals surface area contributed by atoms with Crippen LogP contribution in [-0.4, -0.2) is 40.1 Å². The van der Waals surface area contributed by atoms with Crippen LogP contribution in [0, 0.1) is 18.7 Å². The van der Waals surface area contributed by atoms with E-state index in [0.29, 0.717) is 52.6 Å². The van der Waals surface area contributed by atoms with Gasteiger partial charge in [-0.2, -0.15) is 0 Å². The van der Waals surface area contributed by atoms with Gasteiger partial charge < -0.3 is 15.2 Å². The van der Waals surface area contributed by atoms with Crippen LogP contribution in [0.3, 0.4) is 0 Å². The maximum atomic E-state index is 13.3. The average molecular weight is 419 g/mol. The Kier molecular flexibility index (Phi) is 6.19. The topological polar surface area (TPSA) is 85.2 Å². The predicted molar refractivity (Wildman–Crippen MR) is 111 cm³/mol. The van der Waals surface area contributed by atoms with Crippen LogP contribution in [0.15, 0.2) is 34.9 Å². The summed E-state index contributed by atoms with van der Waals surface area (Å²) in [6.07, 6.45) is 1.79. The van der Waals surface area contributed by atoms with Gasteiger partial charge in [-0.15, -0.1) is 12.4 Å². The number of aryl methyl sites for hydroxylation is 1. The molecule has 2 aromatic heterocycles. The van der Waals surface area contributed by atoms with Crippen molar-refractivity contribution in [2.75, 3.05) is 13.1 Å². The van der Waals surface area contributed by atoms with Gasteiger partial charge in [0.2, 0.25) is 0 Å². The molecule has 1 unspecified atom stereocenters. The van der Waals surface area contributed by atoms with E-state index in [2.05, 4.69) is 10.1 Å². The molecule has 1 atom stereocenters. The number of carbonyl (C=O) groups excluding carboxylic acids is 1. The SMILES string of the molecule is Cc1noc2nc(-c3ccc(F)cc3)cc(C(=O)N3CCC(C(C)N)CC3)c12.Cl. The van der Waals surface area contributed by atoms with Crippen LogP contribution in [-0.2, 0) is 0 Å². The first-order chi connectivity index (χ1) is 13.4. The highest BCUT2D eigenvalue weighted by Gasteiger charge is 2.28. The number of pyridine rings is 1. The van der Waals surface area contributed by atoms with Crippen molar-refractivity contribution in [3.63, 3.8) is 0 Å². The lowest BCUT2D eigenvalue weighted by Gasteiger charge is -2.33. The quantitative estimate of drug-likeness (QED) is 0.695. The van der Waals surface area contributed by atoms with Crippen molar-refractivity contribution in [3.8, 4) is 11.3 Å². The number of likely N-dealkylation sites (tertiary alicyclic amines) is 1. The maximum absolute atomic E-state index is 13.3. The number of piperidine rings is 1. The standard InChI is InChI=1S/C21H23FN4O2.ClH/c1-12(23)14-7-9-26(10-8-14)21(27)17-11-18(15-3-5-16(22)6-4-15)24-20-19(17)13(2)25-28-20;/h3-6,11-12,14H,7-10,23H2,1-2H3;1H. The Morgan fingerprint density at radius 2 is 1.93 bits per heavy atom. The number of halogens is 2. The summed E-state index contributed by atoms with van der Waals surface area (Å²) in [6, 6.07) is 7.89. The van der Waals surface area contributed by atoms with Gasteiger partial charge in [-0.3, -0.25) is 4.79 Å². The van der Waals surface area contributed by atoms with Gasteiger partial charge >= 0.3 is 0 Å². The number of nitrogens with two attached hydrogens (primary N) is 1. The molecule has 0 aliphatic carbocycles. The molecule has 3 aromatic rings. The zero-order valence-corrected chi connectivity index (χ0v) is 17.2. The average Bonchev–Trinajstić information content (AvgIpc) is 3.08. The molecule has 1 saturated heterocycles. The molecule has 1 fully saturated rings. The largest absolute Gasteiger partial charge is 0.339 e. The van der Waals surface area contributed by atoms with Crippen molar-refractivity contribution < 1.29 is 13.7 Å². The molecule has 1 aliphatic heterocycles. The van der Waals surface area contributed by atoms with E-state index < -0.39 is 0 Å². The van der Waals surface area contributed by atoms with Gasteiger partial charge in [0.15, 0.2) is 0 Å². The number of fused-ring (bicyclic) bond motifs is 1. The van der Waals surface area contributed by atoms with Crippen LogP contribution in [0.1, 0.15) is 35.8 Å². The number of rotatable bonds is 3. The molecule has 4 rings (SSSR count). The predicted octanol–water partition coefficient (Wildman–Crippen LogP) is 3.96. The molecule has 6 nitrogen and oxygen atoms in total. The van der Waals surface area contributed by atoms with E-state index in [4.69, 9.17) is 10.3 Å². The Morgan fingerprint density at radius 1 is 1.28 bits per heavy atom. The Balaban J connectivity index is 0.00000240. The highest BCUT2D eigenvalue weighted by molar-refractivity contribution is 6.07. The summed E-state index contributed by atoms with van der Waals surface area (Å²) in [5.74, 6) is 0.0486. The summed E-state index contributed by atoms with van der Waals surface area (Å²) in [5.41, 5.74) is 8.74. The van der Waals surface area contributed by atoms with E-state index in [-0.39, 0.29) is 30.2 Å². The smallest absolute Gasteiger partial charge is 0.259 e. The Labute approximate surface area is 174 Å². The number of hydrogen-bond donors (Lipinski definition) is 1. The van der Waals surface area contributed by atoms with Crippen LogP contribution in [0.5, 0.6) is 0 Å². The Hall–Kier alpha value is -2.51. The van der Waals surface area contributed by atoms with E-state index in [1.54, 1.807) is 25.1 Å². The zero-order chi connectivity index (χ0) is 19.8. The van der Waals surface area contributed by atoms with Crippen molar-refractivity contribution in [3.05, 3.63) is 47.4 Å². The second-order valence-electron chi connectivity index (χ2n) is 7.50. The Bertz CT molecular complexity index is 1010. The second-order valence-corrected chi connectivity index (χ2v) is 7.50. The first-order valence-corrected chi connectivity index (χ1v) is 9.52. The molecule has 0 bridgehead atoms. The molecule has 8 heteroatoms. The fourth-order valence-electron chi connectivity index (χ4n) is 3.83. The van der Waals surface area contributed by atoms with Gasteiger partial charge in [0.1, 0.15) is 5.82 Å². The molecule has 0 radical (unpaired) electrons. The molecular formula is C21H24ClFN4O2. The lowest BCUT2D eigenvalue weighted by molar-refractivity contribution is 0.0683. The molecule has 0 saturated carbocycles. The van der Waals surface area contributed by atoms with Crippen LogP contribution in [0.25, 0.3) is 22.4 Å². The number of amides is 1.